The van der Waals surface area contributed by atoms with Crippen LogP contribution in [-0.4, -0.2) is 5.91 Å². The van der Waals surface area contributed by atoms with Gasteiger partial charge < -0.3 is 4.42 Å². The van der Waals surface area contributed by atoms with E-state index < -0.39 is 0 Å². The quantitative estimate of drug-likeness (QED) is 0.310. The third-order valence-corrected chi connectivity index (χ3v) is 0.629. The predicted molar refractivity (Wildman–Crippen MR) is 36.7 cm³/mol. The summed E-state index contributed by atoms with van der Waals surface area (Å²) in [4.78, 5) is 9.58. The van der Waals surface area contributed by atoms with Gasteiger partial charge in [-0.25, -0.2) is 5.84 Å². The second-order valence-electron chi connectivity index (χ2n) is 1.49. The van der Waals surface area contributed by atoms with E-state index in [4.69, 9.17) is 0 Å². The zero-order valence-corrected chi connectivity index (χ0v) is 5.70. The molecule has 1 aromatic heterocycles. The number of furan rings is 1. The lowest BCUT2D eigenvalue weighted by Crippen LogP contribution is -2.26. The Morgan fingerprint density at radius 2 is 1.90 bits per heavy atom. The molecule has 1 rings (SSSR count). The van der Waals surface area contributed by atoms with Crippen molar-refractivity contribution in [2.45, 2.75) is 6.92 Å². The van der Waals surface area contributed by atoms with Crippen molar-refractivity contribution in [2.75, 3.05) is 0 Å². The number of hydrogen-bond donors (Lipinski definition) is 2. The van der Waals surface area contributed by atoms with Crippen LogP contribution in [0.15, 0.2) is 29.1 Å². The molecule has 0 saturated carbocycles. The SMILES string of the molecule is CC(=O)NN.c1ccoc1. The molecule has 0 unspecified atom stereocenters. The predicted octanol–water partition coefficient (Wildman–Crippen LogP) is 0.276. The first-order chi connectivity index (χ1) is 4.77. The molecule has 3 N–H and O–H groups in total. The third kappa shape index (κ3) is 6.71. The fraction of sp³-hybridized carbons (Fsp3) is 0.167. The van der Waals surface area contributed by atoms with Gasteiger partial charge in [0.15, 0.2) is 0 Å². The summed E-state index contributed by atoms with van der Waals surface area (Å²) in [6, 6.07) is 3.67. The first-order valence-electron chi connectivity index (χ1n) is 2.71. The zero-order chi connectivity index (χ0) is 7.82. The molecule has 1 aromatic rings. The van der Waals surface area contributed by atoms with Crippen LogP contribution in [-0.2, 0) is 4.79 Å². The summed E-state index contributed by atoms with van der Waals surface area (Å²) in [6.07, 6.45) is 3.25. The van der Waals surface area contributed by atoms with Gasteiger partial charge in [-0.2, -0.15) is 0 Å². The average Bonchev–Trinajstić information content (AvgIpc) is 2.43. The van der Waals surface area contributed by atoms with Gasteiger partial charge in [0.05, 0.1) is 12.5 Å². The van der Waals surface area contributed by atoms with Gasteiger partial charge in [0.25, 0.3) is 0 Å². The molecule has 0 aliphatic heterocycles. The molecule has 10 heavy (non-hydrogen) atoms. The largest absolute Gasteiger partial charge is 0.473 e. The lowest BCUT2D eigenvalue weighted by molar-refractivity contribution is -0.119. The number of nitrogens with two attached hydrogens (primary N) is 1. The van der Waals surface area contributed by atoms with Crippen molar-refractivity contribution in [3.63, 3.8) is 0 Å². The summed E-state index contributed by atoms with van der Waals surface area (Å²) < 4.78 is 4.58. The molecule has 0 spiro atoms. The molecule has 0 saturated heterocycles. The summed E-state index contributed by atoms with van der Waals surface area (Å²) in [7, 11) is 0. The highest BCUT2D eigenvalue weighted by molar-refractivity contribution is 5.71. The van der Waals surface area contributed by atoms with E-state index in [0.717, 1.165) is 0 Å². The number of rotatable bonds is 0. The maximum atomic E-state index is 9.58. The van der Waals surface area contributed by atoms with Crippen molar-refractivity contribution in [3.8, 4) is 0 Å². The second-order valence-corrected chi connectivity index (χ2v) is 1.49. The molecule has 1 heterocycles. The molecule has 4 nitrogen and oxygen atoms in total. The monoisotopic (exact) mass is 142 g/mol. The van der Waals surface area contributed by atoms with E-state index in [-0.39, 0.29) is 5.91 Å². The van der Waals surface area contributed by atoms with E-state index in [2.05, 4.69) is 10.3 Å². The number of hydrogen-bond acceptors (Lipinski definition) is 3. The van der Waals surface area contributed by atoms with E-state index in [1.807, 2.05) is 17.6 Å². The van der Waals surface area contributed by atoms with Crippen molar-refractivity contribution in [3.05, 3.63) is 24.7 Å². The number of carbonyl (C=O) groups is 1. The Bertz CT molecular complexity index is 143. The Hall–Kier alpha value is -1.29. The summed E-state index contributed by atoms with van der Waals surface area (Å²) in [5.41, 5.74) is 1.89. The van der Waals surface area contributed by atoms with Crippen LogP contribution in [0.5, 0.6) is 0 Å². The number of amides is 1. The Morgan fingerprint density at radius 3 is 2.00 bits per heavy atom. The minimum Gasteiger partial charge on any atom is -0.473 e. The van der Waals surface area contributed by atoms with Gasteiger partial charge in [-0.3, -0.25) is 10.2 Å². The Balaban J connectivity index is 0.000000162. The lowest BCUT2D eigenvalue weighted by Gasteiger charge is -1.80. The van der Waals surface area contributed by atoms with E-state index in [0.29, 0.717) is 0 Å². The fourth-order valence-corrected chi connectivity index (χ4v) is 0.227. The molecule has 0 aromatic carbocycles. The normalized spacial score (nSPS) is 7.40. The van der Waals surface area contributed by atoms with E-state index in [9.17, 15) is 4.79 Å². The van der Waals surface area contributed by atoms with Crippen LogP contribution in [0.4, 0.5) is 0 Å². The number of carbonyl (C=O) groups excluding carboxylic acids is 1. The van der Waals surface area contributed by atoms with Crippen LogP contribution in [0.3, 0.4) is 0 Å². The lowest BCUT2D eigenvalue weighted by atomic mass is 10.7. The standard InChI is InChI=1S/C4H4O.C2H6N2O/c1-2-4-5-3-1;1-2(5)4-3/h1-4H;3H2,1H3,(H,4,5). The van der Waals surface area contributed by atoms with Crippen LogP contribution in [0.1, 0.15) is 6.92 Å². The summed E-state index contributed by atoms with van der Waals surface area (Å²) >= 11 is 0. The highest BCUT2D eigenvalue weighted by Gasteiger charge is 1.73. The van der Waals surface area contributed by atoms with Crippen LogP contribution in [0, 0.1) is 0 Å². The van der Waals surface area contributed by atoms with Gasteiger partial charge in [-0.05, 0) is 12.1 Å². The van der Waals surface area contributed by atoms with Crippen molar-refractivity contribution < 1.29 is 9.21 Å². The van der Waals surface area contributed by atoms with Gasteiger partial charge in [-0.1, -0.05) is 0 Å². The highest BCUT2D eigenvalue weighted by Crippen LogP contribution is 1.79. The molecule has 0 bridgehead atoms. The van der Waals surface area contributed by atoms with Gasteiger partial charge >= 0.3 is 0 Å². The van der Waals surface area contributed by atoms with E-state index >= 15 is 0 Å². The molecule has 1 amide bonds. The zero-order valence-electron chi connectivity index (χ0n) is 5.70. The van der Waals surface area contributed by atoms with Crippen LogP contribution >= 0.6 is 0 Å². The summed E-state index contributed by atoms with van der Waals surface area (Å²) in [5, 5.41) is 0. The number of nitrogens with one attached hydrogen (secondary N) is 1. The molecule has 0 fully saturated rings. The molecular weight excluding hydrogens is 132 g/mol. The molecule has 0 atom stereocenters. The third-order valence-electron chi connectivity index (χ3n) is 0.629. The van der Waals surface area contributed by atoms with Crippen LogP contribution in [0.2, 0.25) is 0 Å². The smallest absolute Gasteiger partial charge is 0.230 e. The first kappa shape index (κ1) is 8.71. The molecule has 56 valence electrons. The summed E-state index contributed by atoms with van der Waals surface area (Å²) in [6.45, 7) is 1.35. The summed E-state index contributed by atoms with van der Waals surface area (Å²) in [5.74, 6) is 4.35. The van der Waals surface area contributed by atoms with Crippen LogP contribution in [0.25, 0.3) is 0 Å². The minimum absolute atomic E-state index is 0.218. The van der Waals surface area contributed by atoms with E-state index in [1.165, 1.54) is 6.92 Å². The average molecular weight is 142 g/mol. The molecular formula is C6H10N2O2. The topological polar surface area (TPSA) is 68.3 Å². The Kier molecular flexibility index (Phi) is 5.09. The highest BCUT2D eigenvalue weighted by atomic mass is 16.3. The fourth-order valence-electron chi connectivity index (χ4n) is 0.227. The van der Waals surface area contributed by atoms with Crippen molar-refractivity contribution in [1.29, 1.82) is 0 Å². The molecule has 0 aliphatic carbocycles. The van der Waals surface area contributed by atoms with Gasteiger partial charge in [0, 0.05) is 6.92 Å². The second kappa shape index (κ2) is 5.84. The van der Waals surface area contributed by atoms with Crippen molar-refractivity contribution >= 4 is 5.91 Å². The van der Waals surface area contributed by atoms with Gasteiger partial charge in [0.1, 0.15) is 0 Å². The number of hydrazine groups is 1. The van der Waals surface area contributed by atoms with E-state index in [1.54, 1.807) is 12.5 Å². The van der Waals surface area contributed by atoms with Gasteiger partial charge in [0.2, 0.25) is 5.91 Å². The van der Waals surface area contributed by atoms with Crippen molar-refractivity contribution in [2.24, 2.45) is 5.84 Å². The van der Waals surface area contributed by atoms with Crippen molar-refractivity contribution in [1.82, 2.24) is 5.43 Å². The maximum Gasteiger partial charge on any atom is 0.230 e. The molecule has 4 heteroatoms. The Morgan fingerprint density at radius 1 is 1.50 bits per heavy atom. The van der Waals surface area contributed by atoms with Crippen LogP contribution < -0.4 is 11.3 Å². The van der Waals surface area contributed by atoms with Gasteiger partial charge in [-0.15, -0.1) is 0 Å². The Labute approximate surface area is 59.0 Å². The first-order valence-corrected chi connectivity index (χ1v) is 2.71. The minimum atomic E-state index is -0.218. The molecule has 0 aliphatic rings. The maximum absolute atomic E-state index is 9.58. The molecule has 0 radical (unpaired) electrons.